The molecular weight excluding hydrogens is 140 g/mol. The second kappa shape index (κ2) is 3.52. The van der Waals surface area contributed by atoms with E-state index < -0.39 is 0 Å². The Morgan fingerprint density at radius 3 is 2.36 bits per heavy atom. The van der Waals surface area contributed by atoms with Crippen molar-refractivity contribution >= 4 is 0 Å². The zero-order valence-corrected chi connectivity index (χ0v) is 7.39. The molecule has 1 aliphatic carbocycles. The largest absolute Gasteiger partial charge is 0.377 e. The number of hydrazine groups is 1. The Kier molecular flexibility index (Phi) is 2.87. The first kappa shape index (κ1) is 8.97. The van der Waals surface area contributed by atoms with Crippen LogP contribution in [0, 0.1) is 0 Å². The summed E-state index contributed by atoms with van der Waals surface area (Å²) in [4.78, 5) is 0. The lowest BCUT2D eigenvalue weighted by molar-refractivity contribution is -0.0307. The molecule has 0 spiro atoms. The number of hydrogen-bond donors (Lipinski definition) is 2. The van der Waals surface area contributed by atoms with E-state index >= 15 is 0 Å². The van der Waals surface area contributed by atoms with E-state index in [1.165, 1.54) is 12.8 Å². The predicted molar refractivity (Wildman–Crippen MR) is 45.0 cm³/mol. The van der Waals surface area contributed by atoms with E-state index in [0.29, 0.717) is 0 Å². The molecule has 3 nitrogen and oxygen atoms in total. The molecule has 0 aromatic carbocycles. The Balaban J connectivity index is 2.58. The first-order valence-corrected chi connectivity index (χ1v) is 4.26. The zero-order chi connectivity index (χ0) is 8.32. The topological polar surface area (TPSA) is 47.3 Å². The smallest absolute Gasteiger partial charge is 0.0841 e. The highest BCUT2D eigenvalue weighted by Crippen LogP contribution is 2.35. The second-order valence-corrected chi connectivity index (χ2v) is 3.36. The lowest BCUT2D eigenvalue weighted by atomic mass is 9.94. The van der Waals surface area contributed by atoms with Crippen molar-refractivity contribution in [3.8, 4) is 0 Å². The minimum Gasteiger partial charge on any atom is -0.377 e. The zero-order valence-electron chi connectivity index (χ0n) is 7.39. The SMILES string of the molecule is COC1(C(C)NN)CCCC1. The lowest BCUT2D eigenvalue weighted by Gasteiger charge is -2.33. The van der Waals surface area contributed by atoms with E-state index in [4.69, 9.17) is 10.6 Å². The fourth-order valence-corrected chi connectivity index (χ4v) is 1.94. The third-order valence-electron chi connectivity index (χ3n) is 2.90. The monoisotopic (exact) mass is 158 g/mol. The molecule has 0 radical (unpaired) electrons. The van der Waals surface area contributed by atoms with Crippen molar-refractivity contribution in [2.45, 2.75) is 44.2 Å². The number of nitrogens with one attached hydrogen (secondary N) is 1. The summed E-state index contributed by atoms with van der Waals surface area (Å²) >= 11 is 0. The molecule has 0 aliphatic heterocycles. The van der Waals surface area contributed by atoms with Crippen LogP contribution in [-0.2, 0) is 4.74 Å². The molecule has 3 N–H and O–H groups in total. The molecule has 3 heteroatoms. The molecule has 0 saturated heterocycles. The summed E-state index contributed by atoms with van der Waals surface area (Å²) in [6.07, 6.45) is 4.80. The Hall–Kier alpha value is -0.120. The summed E-state index contributed by atoms with van der Waals surface area (Å²) in [7, 11) is 1.78. The van der Waals surface area contributed by atoms with Gasteiger partial charge < -0.3 is 4.74 Å². The first-order chi connectivity index (χ1) is 5.25. The van der Waals surface area contributed by atoms with Crippen LogP contribution >= 0.6 is 0 Å². The number of ether oxygens (including phenoxy) is 1. The van der Waals surface area contributed by atoms with Crippen LogP contribution in [0.25, 0.3) is 0 Å². The highest BCUT2D eigenvalue weighted by molar-refractivity contribution is 4.93. The van der Waals surface area contributed by atoms with Crippen molar-refractivity contribution in [2.75, 3.05) is 7.11 Å². The highest BCUT2D eigenvalue weighted by Gasteiger charge is 2.38. The van der Waals surface area contributed by atoms with Crippen LogP contribution in [-0.4, -0.2) is 18.8 Å². The molecule has 1 rings (SSSR count). The van der Waals surface area contributed by atoms with E-state index in [-0.39, 0.29) is 11.6 Å². The fraction of sp³-hybridized carbons (Fsp3) is 1.00. The average molecular weight is 158 g/mol. The van der Waals surface area contributed by atoms with E-state index in [9.17, 15) is 0 Å². The highest BCUT2D eigenvalue weighted by atomic mass is 16.5. The summed E-state index contributed by atoms with van der Waals surface area (Å²) in [6, 6.07) is 0.259. The molecule has 1 fully saturated rings. The minimum absolute atomic E-state index is 0.00868. The molecule has 1 saturated carbocycles. The van der Waals surface area contributed by atoms with Crippen LogP contribution in [0.2, 0.25) is 0 Å². The second-order valence-electron chi connectivity index (χ2n) is 3.36. The normalized spacial score (nSPS) is 25.4. The number of methoxy groups -OCH3 is 1. The molecule has 0 aromatic heterocycles. The molecule has 0 bridgehead atoms. The molecule has 1 aliphatic rings. The van der Waals surface area contributed by atoms with E-state index in [1.54, 1.807) is 7.11 Å². The number of rotatable bonds is 3. The van der Waals surface area contributed by atoms with E-state index in [2.05, 4.69) is 12.3 Å². The molecule has 0 heterocycles. The van der Waals surface area contributed by atoms with Gasteiger partial charge in [-0.15, -0.1) is 0 Å². The van der Waals surface area contributed by atoms with Gasteiger partial charge in [-0.1, -0.05) is 12.8 Å². The van der Waals surface area contributed by atoms with Gasteiger partial charge in [0.2, 0.25) is 0 Å². The van der Waals surface area contributed by atoms with Crippen molar-refractivity contribution in [1.82, 2.24) is 5.43 Å². The van der Waals surface area contributed by atoms with Gasteiger partial charge in [-0.05, 0) is 19.8 Å². The van der Waals surface area contributed by atoms with Gasteiger partial charge in [0.05, 0.1) is 5.60 Å². The van der Waals surface area contributed by atoms with Crippen molar-refractivity contribution in [3.05, 3.63) is 0 Å². The third-order valence-corrected chi connectivity index (χ3v) is 2.90. The summed E-state index contributed by atoms with van der Waals surface area (Å²) < 4.78 is 5.51. The summed E-state index contributed by atoms with van der Waals surface area (Å²) in [5, 5.41) is 0. The molecule has 0 aromatic rings. The molecule has 11 heavy (non-hydrogen) atoms. The van der Waals surface area contributed by atoms with Gasteiger partial charge in [-0.2, -0.15) is 0 Å². The van der Waals surface area contributed by atoms with Gasteiger partial charge in [0, 0.05) is 13.2 Å². The number of nitrogens with two attached hydrogens (primary N) is 1. The maximum atomic E-state index is 5.51. The minimum atomic E-state index is 0.00868. The summed E-state index contributed by atoms with van der Waals surface area (Å²) in [5.41, 5.74) is 2.78. The van der Waals surface area contributed by atoms with Crippen LogP contribution in [0.4, 0.5) is 0 Å². The molecule has 1 unspecified atom stereocenters. The van der Waals surface area contributed by atoms with Crippen LogP contribution in [0.5, 0.6) is 0 Å². The van der Waals surface area contributed by atoms with E-state index in [1.807, 2.05) is 0 Å². The van der Waals surface area contributed by atoms with Crippen molar-refractivity contribution in [1.29, 1.82) is 0 Å². The Morgan fingerprint density at radius 2 is 2.00 bits per heavy atom. The molecular formula is C8H18N2O. The standard InChI is InChI=1S/C8H18N2O/c1-7(10-9)8(11-2)5-3-4-6-8/h7,10H,3-6,9H2,1-2H3. The number of hydrogen-bond acceptors (Lipinski definition) is 3. The predicted octanol–water partition coefficient (Wildman–Crippen LogP) is 0.797. The van der Waals surface area contributed by atoms with Gasteiger partial charge in [0.1, 0.15) is 0 Å². The van der Waals surface area contributed by atoms with Crippen LogP contribution in [0.15, 0.2) is 0 Å². The van der Waals surface area contributed by atoms with Gasteiger partial charge >= 0.3 is 0 Å². The lowest BCUT2D eigenvalue weighted by Crippen LogP contribution is -2.51. The molecule has 0 amide bonds. The van der Waals surface area contributed by atoms with Gasteiger partial charge in [0.25, 0.3) is 0 Å². The average Bonchev–Trinajstić information content (AvgIpc) is 2.52. The Labute approximate surface area is 68.3 Å². The quantitative estimate of drug-likeness (QED) is 0.471. The van der Waals surface area contributed by atoms with Crippen molar-refractivity contribution in [2.24, 2.45) is 5.84 Å². The molecule has 66 valence electrons. The van der Waals surface area contributed by atoms with Gasteiger partial charge in [0.15, 0.2) is 0 Å². The maximum absolute atomic E-state index is 5.51. The third kappa shape index (κ3) is 1.55. The van der Waals surface area contributed by atoms with Crippen molar-refractivity contribution in [3.63, 3.8) is 0 Å². The molecule has 1 atom stereocenters. The van der Waals surface area contributed by atoms with Crippen LogP contribution < -0.4 is 11.3 Å². The Bertz CT molecular complexity index is 121. The maximum Gasteiger partial charge on any atom is 0.0841 e. The van der Waals surface area contributed by atoms with Crippen LogP contribution in [0.3, 0.4) is 0 Å². The Morgan fingerprint density at radius 1 is 1.45 bits per heavy atom. The van der Waals surface area contributed by atoms with Gasteiger partial charge in [-0.25, -0.2) is 0 Å². The van der Waals surface area contributed by atoms with Crippen molar-refractivity contribution < 1.29 is 4.74 Å². The van der Waals surface area contributed by atoms with Crippen LogP contribution in [0.1, 0.15) is 32.6 Å². The fourth-order valence-electron chi connectivity index (χ4n) is 1.94. The van der Waals surface area contributed by atoms with E-state index in [0.717, 1.165) is 12.8 Å². The summed E-state index contributed by atoms with van der Waals surface area (Å²) in [6.45, 7) is 2.08. The first-order valence-electron chi connectivity index (χ1n) is 4.26. The van der Waals surface area contributed by atoms with Gasteiger partial charge in [-0.3, -0.25) is 11.3 Å². The summed E-state index contributed by atoms with van der Waals surface area (Å²) in [5.74, 6) is 5.38.